The van der Waals surface area contributed by atoms with Crippen LogP contribution in [0.2, 0.25) is 0 Å². The molecule has 2 saturated carbocycles. The van der Waals surface area contributed by atoms with Crippen LogP contribution in [0.25, 0.3) is 0 Å². The average molecular weight is 374 g/mol. The van der Waals surface area contributed by atoms with Crippen molar-refractivity contribution in [1.29, 1.82) is 0 Å². The third-order valence-corrected chi connectivity index (χ3v) is 6.18. The number of nitro groups is 1. The first kappa shape index (κ1) is 19.5. The molecule has 0 unspecified atom stereocenters. The molecular formula is C20H30N4O3. The average Bonchev–Trinajstić information content (AvgIpc) is 2.60. The molecule has 7 nitrogen and oxygen atoms in total. The van der Waals surface area contributed by atoms with Crippen molar-refractivity contribution in [2.45, 2.75) is 64.0 Å². The maximum absolute atomic E-state index is 13.0. The molecule has 148 valence electrons. The summed E-state index contributed by atoms with van der Waals surface area (Å²) in [5.41, 5.74) is 1.53. The van der Waals surface area contributed by atoms with Gasteiger partial charge in [0.2, 0.25) is 0 Å². The van der Waals surface area contributed by atoms with Gasteiger partial charge in [0, 0.05) is 32.2 Å². The lowest BCUT2D eigenvalue weighted by Crippen LogP contribution is -2.40. The van der Waals surface area contributed by atoms with Gasteiger partial charge in [-0.3, -0.25) is 14.9 Å². The van der Waals surface area contributed by atoms with Crippen LogP contribution in [0, 0.1) is 16.0 Å². The summed E-state index contributed by atoms with van der Waals surface area (Å²) in [5, 5.41) is 17.5. The summed E-state index contributed by atoms with van der Waals surface area (Å²) in [7, 11) is 3.64. The Morgan fingerprint density at radius 1 is 1.19 bits per heavy atom. The largest absolute Gasteiger partial charge is 0.383 e. The normalized spacial score (nSPS) is 22.6. The number of nitrogens with one attached hydrogen (secondary N) is 2. The van der Waals surface area contributed by atoms with Crippen molar-refractivity contribution in [3.05, 3.63) is 27.8 Å². The molecule has 0 aromatic heterocycles. The summed E-state index contributed by atoms with van der Waals surface area (Å²) >= 11 is 0. The second-order valence-electron chi connectivity index (χ2n) is 8.02. The summed E-state index contributed by atoms with van der Waals surface area (Å²) < 4.78 is 0. The molecule has 0 bridgehead atoms. The number of nitrogens with zero attached hydrogens (tertiary/aromatic N) is 2. The zero-order valence-corrected chi connectivity index (χ0v) is 16.5. The van der Waals surface area contributed by atoms with E-state index < -0.39 is 4.92 Å². The summed E-state index contributed by atoms with van der Waals surface area (Å²) in [6.07, 6.45) is 7.52. The smallest absolute Gasteiger partial charge is 0.293 e. The fourth-order valence-corrected chi connectivity index (χ4v) is 4.04. The van der Waals surface area contributed by atoms with Crippen molar-refractivity contribution in [2.24, 2.45) is 5.92 Å². The molecule has 0 radical (unpaired) electrons. The van der Waals surface area contributed by atoms with Crippen LogP contribution in [-0.2, 0) is 0 Å². The molecule has 0 heterocycles. The van der Waals surface area contributed by atoms with Crippen molar-refractivity contribution in [1.82, 2.24) is 5.32 Å². The van der Waals surface area contributed by atoms with Crippen LogP contribution >= 0.6 is 0 Å². The number of hydrogen-bond acceptors (Lipinski definition) is 5. The van der Waals surface area contributed by atoms with Crippen molar-refractivity contribution in [2.75, 3.05) is 24.3 Å². The molecule has 2 aliphatic rings. The predicted molar refractivity (Wildman–Crippen MR) is 108 cm³/mol. The van der Waals surface area contributed by atoms with Gasteiger partial charge >= 0.3 is 0 Å². The second kappa shape index (κ2) is 8.15. The number of nitro benzene ring substituents is 1. The fourth-order valence-electron chi connectivity index (χ4n) is 4.04. The highest BCUT2D eigenvalue weighted by atomic mass is 16.6. The first-order chi connectivity index (χ1) is 12.9. The standard InChI is InChI=1S/C20H30N4O3/c1-13-7-9-14(10-8-13)22-20(25)16-11-19(24(26)27)17(21-2)12-18(16)23(3)15-5-4-6-15/h11-15,21H,4-10H2,1-3H3,(H,22,25)/t13-,14-. The summed E-state index contributed by atoms with van der Waals surface area (Å²) in [4.78, 5) is 26.2. The van der Waals surface area contributed by atoms with Gasteiger partial charge in [0.15, 0.2) is 0 Å². The Kier molecular flexibility index (Phi) is 5.87. The van der Waals surface area contributed by atoms with Gasteiger partial charge in [0.25, 0.3) is 11.6 Å². The van der Waals surface area contributed by atoms with Crippen LogP contribution in [0.4, 0.5) is 17.1 Å². The molecular weight excluding hydrogens is 344 g/mol. The second-order valence-corrected chi connectivity index (χ2v) is 8.02. The van der Waals surface area contributed by atoms with Crippen molar-refractivity contribution < 1.29 is 9.72 Å². The minimum Gasteiger partial charge on any atom is -0.383 e. The van der Waals surface area contributed by atoms with Gasteiger partial charge in [-0.2, -0.15) is 0 Å². The van der Waals surface area contributed by atoms with Crippen molar-refractivity contribution in [3.63, 3.8) is 0 Å². The van der Waals surface area contributed by atoms with E-state index >= 15 is 0 Å². The Bertz CT molecular complexity index is 709. The number of rotatable bonds is 6. The van der Waals surface area contributed by atoms with Gasteiger partial charge in [-0.15, -0.1) is 0 Å². The van der Waals surface area contributed by atoms with E-state index in [1.54, 1.807) is 13.1 Å². The highest BCUT2D eigenvalue weighted by Crippen LogP contribution is 2.37. The van der Waals surface area contributed by atoms with Crippen molar-refractivity contribution in [3.8, 4) is 0 Å². The van der Waals surface area contributed by atoms with E-state index in [2.05, 4.69) is 22.5 Å². The van der Waals surface area contributed by atoms with Crippen LogP contribution < -0.4 is 15.5 Å². The first-order valence-corrected chi connectivity index (χ1v) is 9.94. The zero-order valence-electron chi connectivity index (χ0n) is 16.5. The lowest BCUT2D eigenvalue weighted by molar-refractivity contribution is -0.383. The molecule has 0 spiro atoms. The lowest BCUT2D eigenvalue weighted by atomic mass is 9.87. The predicted octanol–water partition coefficient (Wildman–Crippen LogP) is 3.93. The number of carbonyl (C=O) groups excluding carboxylic acids is 1. The lowest BCUT2D eigenvalue weighted by Gasteiger charge is -2.37. The zero-order chi connectivity index (χ0) is 19.6. The summed E-state index contributed by atoms with van der Waals surface area (Å²) in [6.45, 7) is 2.24. The van der Waals surface area contributed by atoms with E-state index in [1.807, 2.05) is 7.05 Å². The monoisotopic (exact) mass is 374 g/mol. The van der Waals surface area contributed by atoms with Crippen LogP contribution in [0.1, 0.15) is 62.2 Å². The Morgan fingerprint density at radius 3 is 2.37 bits per heavy atom. The fraction of sp³-hybridized carbons (Fsp3) is 0.650. The number of anilines is 2. The minimum absolute atomic E-state index is 0.0642. The molecule has 2 aliphatic carbocycles. The number of carbonyl (C=O) groups is 1. The van der Waals surface area contributed by atoms with Crippen LogP contribution in [-0.4, -0.2) is 37.0 Å². The van der Waals surface area contributed by atoms with Gasteiger partial charge in [-0.05, 0) is 56.9 Å². The minimum atomic E-state index is -0.433. The van der Waals surface area contributed by atoms with Gasteiger partial charge < -0.3 is 15.5 Å². The first-order valence-electron chi connectivity index (χ1n) is 9.94. The molecule has 3 rings (SSSR count). The van der Waals surface area contributed by atoms with Gasteiger partial charge in [-0.25, -0.2) is 0 Å². The van der Waals surface area contributed by atoms with Crippen LogP contribution in [0.3, 0.4) is 0 Å². The van der Waals surface area contributed by atoms with E-state index in [9.17, 15) is 14.9 Å². The van der Waals surface area contributed by atoms with Crippen molar-refractivity contribution >= 4 is 23.0 Å². The van der Waals surface area contributed by atoms with E-state index in [4.69, 9.17) is 0 Å². The summed E-state index contributed by atoms with van der Waals surface area (Å²) in [6, 6.07) is 3.71. The molecule has 27 heavy (non-hydrogen) atoms. The highest BCUT2D eigenvalue weighted by Gasteiger charge is 2.30. The quantitative estimate of drug-likeness (QED) is 0.582. The van der Waals surface area contributed by atoms with Crippen LogP contribution in [0.5, 0.6) is 0 Å². The topological polar surface area (TPSA) is 87.5 Å². The van der Waals surface area contributed by atoms with E-state index in [0.29, 0.717) is 23.2 Å². The molecule has 1 amide bonds. The van der Waals surface area contributed by atoms with E-state index in [-0.39, 0.29) is 17.6 Å². The Morgan fingerprint density at radius 2 is 1.85 bits per heavy atom. The summed E-state index contributed by atoms with van der Waals surface area (Å²) in [5.74, 6) is 0.496. The van der Waals surface area contributed by atoms with Gasteiger partial charge in [0.1, 0.15) is 5.69 Å². The Hall–Kier alpha value is -2.31. The molecule has 0 aliphatic heterocycles. The number of benzene rings is 1. The van der Waals surface area contributed by atoms with E-state index in [0.717, 1.165) is 44.2 Å². The van der Waals surface area contributed by atoms with Crippen LogP contribution in [0.15, 0.2) is 12.1 Å². The Balaban J connectivity index is 1.91. The molecule has 1 aromatic rings. The number of amides is 1. The molecule has 1 aromatic carbocycles. The molecule has 2 fully saturated rings. The molecule has 0 saturated heterocycles. The molecule has 7 heteroatoms. The number of hydrogen-bond donors (Lipinski definition) is 2. The maximum Gasteiger partial charge on any atom is 0.293 e. The molecule has 2 N–H and O–H groups in total. The molecule has 0 atom stereocenters. The SMILES string of the molecule is CNc1cc(N(C)C2CCC2)c(C(=O)N[C@H]2CC[C@H](C)CC2)cc1[N+](=O)[O-]. The maximum atomic E-state index is 13.0. The third-order valence-electron chi connectivity index (χ3n) is 6.18. The van der Waals surface area contributed by atoms with Gasteiger partial charge in [0.05, 0.1) is 16.2 Å². The Labute approximate surface area is 160 Å². The van der Waals surface area contributed by atoms with E-state index in [1.165, 1.54) is 12.5 Å². The third kappa shape index (κ3) is 4.17. The highest BCUT2D eigenvalue weighted by molar-refractivity contribution is 6.02. The van der Waals surface area contributed by atoms with Gasteiger partial charge in [-0.1, -0.05) is 6.92 Å².